The number of rotatable bonds is 6. The van der Waals surface area contributed by atoms with Crippen molar-refractivity contribution in [1.82, 2.24) is 20.4 Å². The normalized spacial score (nSPS) is 19.0. The molecule has 8 heteroatoms. The molecular formula is C13H24ClN5O2. The maximum atomic E-state index is 12.0. The molecule has 7 nitrogen and oxygen atoms in total. The topological polar surface area (TPSA) is 97.3 Å². The maximum Gasteiger partial charge on any atom is 0.240 e. The highest BCUT2D eigenvalue weighted by Crippen LogP contribution is 2.18. The van der Waals surface area contributed by atoms with Crippen molar-refractivity contribution < 1.29 is 9.32 Å². The van der Waals surface area contributed by atoms with Crippen molar-refractivity contribution in [2.75, 3.05) is 19.6 Å². The fourth-order valence-electron chi connectivity index (χ4n) is 2.44. The van der Waals surface area contributed by atoms with E-state index in [1.165, 1.54) is 0 Å². The first kappa shape index (κ1) is 17.9. The highest BCUT2D eigenvalue weighted by Gasteiger charge is 2.26. The van der Waals surface area contributed by atoms with Gasteiger partial charge in [0.1, 0.15) is 0 Å². The number of aromatic nitrogens is 2. The minimum Gasteiger partial charge on any atom is -0.356 e. The van der Waals surface area contributed by atoms with Crippen molar-refractivity contribution in [3.8, 4) is 0 Å². The van der Waals surface area contributed by atoms with E-state index in [1.807, 2.05) is 0 Å². The lowest BCUT2D eigenvalue weighted by molar-refractivity contribution is -0.126. The largest absolute Gasteiger partial charge is 0.356 e. The molecule has 3 N–H and O–H groups in total. The first-order valence-electron chi connectivity index (χ1n) is 7.24. The van der Waals surface area contributed by atoms with Crippen molar-refractivity contribution in [1.29, 1.82) is 0 Å². The van der Waals surface area contributed by atoms with Crippen LogP contribution >= 0.6 is 12.4 Å². The number of nitrogens with zero attached hydrogens (tertiary/aromatic N) is 3. The van der Waals surface area contributed by atoms with Crippen LogP contribution in [-0.4, -0.2) is 40.6 Å². The van der Waals surface area contributed by atoms with Crippen molar-refractivity contribution in [3.05, 3.63) is 11.7 Å². The van der Waals surface area contributed by atoms with Gasteiger partial charge in [-0.3, -0.25) is 9.69 Å². The van der Waals surface area contributed by atoms with E-state index in [-0.39, 0.29) is 30.8 Å². The van der Waals surface area contributed by atoms with Gasteiger partial charge in [0, 0.05) is 13.1 Å². The van der Waals surface area contributed by atoms with Crippen LogP contribution in [0, 0.1) is 5.92 Å². The van der Waals surface area contributed by atoms with Crippen LogP contribution in [0.15, 0.2) is 4.52 Å². The van der Waals surface area contributed by atoms with Gasteiger partial charge in [0.15, 0.2) is 5.82 Å². The van der Waals surface area contributed by atoms with Crippen LogP contribution in [0.25, 0.3) is 0 Å². The Hall–Kier alpha value is -1.18. The highest BCUT2D eigenvalue weighted by molar-refractivity contribution is 5.85. The monoisotopic (exact) mass is 317 g/mol. The second-order valence-electron chi connectivity index (χ2n) is 5.17. The minimum absolute atomic E-state index is 0. The van der Waals surface area contributed by atoms with E-state index in [1.54, 1.807) is 0 Å². The van der Waals surface area contributed by atoms with E-state index in [2.05, 4.69) is 27.3 Å². The van der Waals surface area contributed by atoms with Crippen molar-refractivity contribution >= 4 is 18.3 Å². The van der Waals surface area contributed by atoms with Gasteiger partial charge >= 0.3 is 0 Å². The summed E-state index contributed by atoms with van der Waals surface area (Å²) in [4.78, 5) is 18.4. The summed E-state index contributed by atoms with van der Waals surface area (Å²) >= 11 is 0. The Labute approximate surface area is 131 Å². The molecule has 1 fully saturated rings. The van der Waals surface area contributed by atoms with Gasteiger partial charge in [-0.25, -0.2) is 0 Å². The molecule has 1 amide bonds. The predicted octanol–water partition coefficient (Wildman–Crippen LogP) is 0.688. The van der Waals surface area contributed by atoms with Crippen LogP contribution in [0.2, 0.25) is 0 Å². The number of piperidine rings is 1. The third kappa shape index (κ3) is 5.26. The van der Waals surface area contributed by atoms with Crippen molar-refractivity contribution in [3.63, 3.8) is 0 Å². The summed E-state index contributed by atoms with van der Waals surface area (Å²) in [6.07, 6.45) is 2.94. The molecule has 21 heavy (non-hydrogen) atoms. The number of likely N-dealkylation sites (tertiary alicyclic amines) is 1. The zero-order valence-corrected chi connectivity index (χ0v) is 13.2. The van der Waals surface area contributed by atoms with Crippen LogP contribution in [0.3, 0.4) is 0 Å². The third-order valence-corrected chi connectivity index (χ3v) is 3.48. The van der Waals surface area contributed by atoms with Crippen LogP contribution in [0.5, 0.6) is 0 Å². The molecule has 0 spiro atoms. The molecule has 1 aliphatic rings. The summed E-state index contributed by atoms with van der Waals surface area (Å²) in [5, 5.41) is 6.86. The molecule has 0 saturated carbocycles. The average Bonchev–Trinajstić information content (AvgIpc) is 2.92. The molecule has 1 aromatic rings. The molecule has 2 heterocycles. The first-order valence-corrected chi connectivity index (χ1v) is 7.24. The molecule has 0 aliphatic carbocycles. The second kappa shape index (κ2) is 8.96. The van der Waals surface area contributed by atoms with E-state index in [0.29, 0.717) is 18.3 Å². The van der Waals surface area contributed by atoms with Gasteiger partial charge in [-0.05, 0) is 25.8 Å². The smallest absolute Gasteiger partial charge is 0.240 e. The molecule has 0 bridgehead atoms. The Morgan fingerprint density at radius 3 is 3.05 bits per heavy atom. The van der Waals surface area contributed by atoms with Gasteiger partial charge in [0.2, 0.25) is 11.8 Å². The van der Waals surface area contributed by atoms with Crippen LogP contribution in [0.4, 0.5) is 0 Å². The molecule has 1 unspecified atom stereocenters. The molecule has 120 valence electrons. The Morgan fingerprint density at radius 2 is 2.38 bits per heavy atom. The van der Waals surface area contributed by atoms with E-state index in [4.69, 9.17) is 10.3 Å². The first-order chi connectivity index (χ1) is 9.72. The van der Waals surface area contributed by atoms with Gasteiger partial charge in [-0.1, -0.05) is 12.1 Å². The van der Waals surface area contributed by atoms with E-state index in [9.17, 15) is 4.79 Å². The third-order valence-electron chi connectivity index (χ3n) is 3.48. The predicted molar refractivity (Wildman–Crippen MR) is 80.7 cm³/mol. The summed E-state index contributed by atoms with van der Waals surface area (Å²) in [5.74, 6) is 1.32. The van der Waals surface area contributed by atoms with E-state index >= 15 is 0 Å². The Balaban J connectivity index is 0.00000220. The lowest BCUT2D eigenvalue weighted by Gasteiger charge is -2.31. The quantitative estimate of drug-likeness (QED) is 0.801. The van der Waals surface area contributed by atoms with E-state index < -0.39 is 0 Å². The van der Waals surface area contributed by atoms with Crippen molar-refractivity contribution in [2.24, 2.45) is 11.7 Å². The molecule has 0 radical (unpaired) electrons. The molecular weight excluding hydrogens is 294 g/mol. The molecule has 0 aromatic carbocycles. The Morgan fingerprint density at radius 1 is 1.57 bits per heavy atom. The number of halogens is 1. The minimum atomic E-state index is 0. The van der Waals surface area contributed by atoms with Gasteiger partial charge in [0.25, 0.3) is 0 Å². The lowest BCUT2D eigenvalue weighted by atomic mass is 9.97. The molecule has 1 aliphatic heterocycles. The van der Waals surface area contributed by atoms with Crippen LogP contribution in [-0.2, 0) is 17.9 Å². The summed E-state index contributed by atoms with van der Waals surface area (Å²) in [6.45, 7) is 5.39. The summed E-state index contributed by atoms with van der Waals surface area (Å²) in [6, 6.07) is 0. The van der Waals surface area contributed by atoms with E-state index in [0.717, 1.165) is 38.9 Å². The lowest BCUT2D eigenvalue weighted by Crippen LogP contribution is -2.43. The highest BCUT2D eigenvalue weighted by atomic mass is 35.5. The standard InChI is InChI=1S/C13H23N5O2.ClH/c1-2-5-15-13(19)10-4-3-6-18(8-10)9-11-16-12(7-14)20-17-11;/h10H,2-9,14H2,1H3,(H,15,19);1H. The number of amides is 1. The van der Waals surface area contributed by atoms with Crippen LogP contribution < -0.4 is 11.1 Å². The van der Waals surface area contributed by atoms with Crippen molar-refractivity contribution in [2.45, 2.75) is 39.3 Å². The zero-order chi connectivity index (χ0) is 14.4. The molecule has 1 saturated heterocycles. The Kier molecular flexibility index (Phi) is 7.63. The SMILES string of the molecule is CCCNC(=O)C1CCCN(Cc2noc(CN)n2)C1.Cl. The number of nitrogens with one attached hydrogen (secondary N) is 1. The second-order valence-corrected chi connectivity index (χ2v) is 5.17. The number of hydrogen-bond acceptors (Lipinski definition) is 6. The molecule has 1 aromatic heterocycles. The molecule has 1 atom stereocenters. The fourth-order valence-corrected chi connectivity index (χ4v) is 2.44. The van der Waals surface area contributed by atoms with Gasteiger partial charge in [-0.2, -0.15) is 4.98 Å². The van der Waals surface area contributed by atoms with Gasteiger partial charge in [0.05, 0.1) is 19.0 Å². The molecule has 2 rings (SSSR count). The summed E-state index contributed by atoms with van der Waals surface area (Å²) in [7, 11) is 0. The summed E-state index contributed by atoms with van der Waals surface area (Å²) in [5.41, 5.74) is 5.44. The number of carbonyl (C=O) groups excluding carboxylic acids is 1. The Bertz CT molecular complexity index is 440. The summed E-state index contributed by atoms with van der Waals surface area (Å²) < 4.78 is 4.99. The number of nitrogens with two attached hydrogens (primary N) is 1. The maximum absolute atomic E-state index is 12.0. The number of hydrogen-bond donors (Lipinski definition) is 2. The van der Waals surface area contributed by atoms with Gasteiger partial charge < -0.3 is 15.6 Å². The van der Waals surface area contributed by atoms with Gasteiger partial charge in [-0.15, -0.1) is 12.4 Å². The van der Waals surface area contributed by atoms with Crippen LogP contribution in [0.1, 0.15) is 37.9 Å². The fraction of sp³-hybridized carbons (Fsp3) is 0.769. The number of carbonyl (C=O) groups is 1. The average molecular weight is 318 g/mol. The zero-order valence-electron chi connectivity index (χ0n) is 12.4.